The molecule has 1 aromatic heterocycles. The summed E-state index contributed by atoms with van der Waals surface area (Å²) in [5.74, 6) is 1.61. The van der Waals surface area contributed by atoms with Crippen molar-refractivity contribution in [3.63, 3.8) is 0 Å². The van der Waals surface area contributed by atoms with E-state index in [0.29, 0.717) is 5.92 Å². The van der Waals surface area contributed by atoms with Crippen molar-refractivity contribution < 1.29 is 0 Å². The molecule has 2 aromatic rings. The largest absolute Gasteiger partial charge is 0.241 e. The Morgan fingerprint density at radius 3 is 2.44 bits per heavy atom. The zero-order valence-electron chi connectivity index (χ0n) is 10.5. The van der Waals surface area contributed by atoms with Gasteiger partial charge in [0, 0.05) is 17.7 Å². The van der Waals surface area contributed by atoms with Gasteiger partial charge in [-0.25, -0.2) is 9.97 Å². The van der Waals surface area contributed by atoms with Crippen molar-refractivity contribution in [2.75, 3.05) is 0 Å². The van der Waals surface area contributed by atoms with Crippen LogP contribution in [0.4, 0.5) is 0 Å². The van der Waals surface area contributed by atoms with E-state index in [-0.39, 0.29) is 0 Å². The number of rotatable bonds is 2. The Kier molecular flexibility index (Phi) is 3.35. The highest BCUT2D eigenvalue weighted by Crippen LogP contribution is 2.31. The van der Waals surface area contributed by atoms with Gasteiger partial charge in [-0.2, -0.15) is 0 Å². The van der Waals surface area contributed by atoms with Crippen LogP contribution in [0.15, 0.2) is 42.6 Å². The fourth-order valence-corrected chi connectivity index (χ4v) is 2.70. The number of hydrogen-bond donors (Lipinski definition) is 0. The second-order valence-electron chi connectivity index (χ2n) is 5.00. The lowest BCUT2D eigenvalue weighted by Crippen LogP contribution is -2.08. The first-order chi connectivity index (χ1) is 8.93. The van der Waals surface area contributed by atoms with E-state index < -0.39 is 0 Å². The van der Waals surface area contributed by atoms with Crippen LogP contribution in [0.25, 0.3) is 11.3 Å². The number of nitrogens with zero attached hydrogens (tertiary/aromatic N) is 2. The molecular weight excluding hydrogens is 220 g/mol. The molecule has 1 saturated carbocycles. The van der Waals surface area contributed by atoms with Gasteiger partial charge in [-0.3, -0.25) is 0 Å². The lowest BCUT2D eigenvalue weighted by Gasteiger charge is -2.20. The average molecular weight is 238 g/mol. The van der Waals surface area contributed by atoms with E-state index in [1.807, 2.05) is 18.3 Å². The van der Waals surface area contributed by atoms with Crippen molar-refractivity contribution >= 4 is 0 Å². The van der Waals surface area contributed by atoms with Gasteiger partial charge in [0.25, 0.3) is 0 Å². The van der Waals surface area contributed by atoms with Gasteiger partial charge in [-0.1, -0.05) is 49.6 Å². The smallest absolute Gasteiger partial charge is 0.132 e. The molecule has 2 nitrogen and oxygen atoms in total. The molecule has 0 aliphatic heterocycles. The normalized spacial score (nSPS) is 16.7. The van der Waals surface area contributed by atoms with E-state index >= 15 is 0 Å². The van der Waals surface area contributed by atoms with Gasteiger partial charge < -0.3 is 0 Å². The number of aromatic nitrogens is 2. The summed E-state index contributed by atoms with van der Waals surface area (Å²) in [6, 6.07) is 12.4. The van der Waals surface area contributed by atoms with Crippen molar-refractivity contribution in [2.24, 2.45) is 0 Å². The van der Waals surface area contributed by atoms with Crippen molar-refractivity contribution in [1.82, 2.24) is 9.97 Å². The molecule has 1 aliphatic carbocycles. The van der Waals surface area contributed by atoms with Crippen LogP contribution in [0.3, 0.4) is 0 Å². The Hall–Kier alpha value is -1.70. The van der Waals surface area contributed by atoms with Gasteiger partial charge in [0.2, 0.25) is 0 Å². The second-order valence-corrected chi connectivity index (χ2v) is 5.00. The maximum atomic E-state index is 4.76. The molecule has 0 unspecified atom stereocenters. The Labute approximate surface area is 108 Å². The van der Waals surface area contributed by atoms with Crippen LogP contribution in [0, 0.1) is 0 Å². The van der Waals surface area contributed by atoms with Crippen LogP contribution in [-0.4, -0.2) is 9.97 Å². The van der Waals surface area contributed by atoms with Crippen molar-refractivity contribution in [3.8, 4) is 11.3 Å². The minimum atomic E-state index is 0.572. The topological polar surface area (TPSA) is 25.8 Å². The van der Waals surface area contributed by atoms with Gasteiger partial charge in [0.15, 0.2) is 0 Å². The minimum absolute atomic E-state index is 0.572. The summed E-state index contributed by atoms with van der Waals surface area (Å²) in [7, 11) is 0. The molecule has 0 N–H and O–H groups in total. The summed E-state index contributed by atoms with van der Waals surface area (Å²) < 4.78 is 0. The van der Waals surface area contributed by atoms with E-state index in [9.17, 15) is 0 Å². The third-order valence-corrected chi connectivity index (χ3v) is 3.71. The minimum Gasteiger partial charge on any atom is -0.241 e. The SMILES string of the molecule is c1ccc(-c2ccnc(C3CCCCC3)n2)cc1. The zero-order valence-corrected chi connectivity index (χ0v) is 10.5. The summed E-state index contributed by atoms with van der Waals surface area (Å²) in [5.41, 5.74) is 2.23. The summed E-state index contributed by atoms with van der Waals surface area (Å²) >= 11 is 0. The maximum Gasteiger partial charge on any atom is 0.132 e. The quantitative estimate of drug-likeness (QED) is 0.784. The third-order valence-electron chi connectivity index (χ3n) is 3.71. The van der Waals surface area contributed by atoms with Crippen LogP contribution in [0.1, 0.15) is 43.8 Å². The molecule has 0 spiro atoms. The highest BCUT2D eigenvalue weighted by Gasteiger charge is 2.18. The lowest BCUT2D eigenvalue weighted by atomic mass is 9.88. The van der Waals surface area contributed by atoms with Gasteiger partial charge >= 0.3 is 0 Å². The van der Waals surface area contributed by atoms with Gasteiger partial charge in [0.05, 0.1) is 5.69 Å². The van der Waals surface area contributed by atoms with Crippen LogP contribution in [-0.2, 0) is 0 Å². The summed E-state index contributed by atoms with van der Waals surface area (Å²) in [4.78, 5) is 9.23. The molecule has 1 aliphatic rings. The molecule has 0 atom stereocenters. The van der Waals surface area contributed by atoms with E-state index in [0.717, 1.165) is 11.5 Å². The van der Waals surface area contributed by atoms with Crippen molar-refractivity contribution in [2.45, 2.75) is 38.0 Å². The first-order valence-corrected chi connectivity index (χ1v) is 6.82. The van der Waals surface area contributed by atoms with E-state index in [4.69, 9.17) is 4.98 Å². The van der Waals surface area contributed by atoms with Gasteiger partial charge in [-0.05, 0) is 18.9 Å². The predicted octanol–water partition coefficient (Wildman–Crippen LogP) is 4.19. The molecule has 1 fully saturated rings. The number of hydrogen-bond acceptors (Lipinski definition) is 2. The molecule has 92 valence electrons. The highest BCUT2D eigenvalue weighted by molar-refractivity contribution is 5.58. The molecule has 0 bridgehead atoms. The van der Waals surface area contributed by atoms with Crippen LogP contribution >= 0.6 is 0 Å². The Morgan fingerprint density at radius 2 is 1.67 bits per heavy atom. The summed E-state index contributed by atoms with van der Waals surface area (Å²) in [5, 5.41) is 0. The highest BCUT2D eigenvalue weighted by atomic mass is 14.9. The van der Waals surface area contributed by atoms with Gasteiger partial charge in [0.1, 0.15) is 5.82 Å². The maximum absolute atomic E-state index is 4.76. The Morgan fingerprint density at radius 1 is 0.889 bits per heavy atom. The number of benzene rings is 1. The molecular formula is C16H18N2. The van der Waals surface area contributed by atoms with Crippen molar-refractivity contribution in [3.05, 3.63) is 48.4 Å². The molecule has 2 heteroatoms. The monoisotopic (exact) mass is 238 g/mol. The fourth-order valence-electron chi connectivity index (χ4n) is 2.70. The predicted molar refractivity (Wildman–Crippen MR) is 73.3 cm³/mol. The Bertz CT molecular complexity index is 502. The van der Waals surface area contributed by atoms with E-state index in [1.54, 1.807) is 0 Å². The molecule has 0 radical (unpaired) electrons. The molecule has 0 saturated heterocycles. The Balaban J connectivity index is 1.89. The fraction of sp³-hybridized carbons (Fsp3) is 0.375. The summed E-state index contributed by atoms with van der Waals surface area (Å²) in [6.45, 7) is 0. The average Bonchev–Trinajstić information content (AvgIpc) is 2.49. The molecule has 1 aromatic carbocycles. The second kappa shape index (κ2) is 5.30. The molecule has 0 amide bonds. The van der Waals surface area contributed by atoms with Crippen molar-refractivity contribution in [1.29, 1.82) is 0 Å². The summed E-state index contributed by atoms with van der Waals surface area (Å²) in [6.07, 6.45) is 8.41. The van der Waals surface area contributed by atoms with Crippen LogP contribution < -0.4 is 0 Å². The standard InChI is InChI=1S/C16H18N2/c1-3-7-13(8-4-1)15-11-12-17-16(18-15)14-9-5-2-6-10-14/h1,3-4,7-8,11-12,14H,2,5-6,9-10H2. The molecule has 1 heterocycles. The van der Waals surface area contributed by atoms with E-state index in [1.165, 1.54) is 37.7 Å². The molecule has 3 rings (SSSR count). The van der Waals surface area contributed by atoms with Crippen LogP contribution in [0.5, 0.6) is 0 Å². The third kappa shape index (κ3) is 2.42. The first-order valence-electron chi connectivity index (χ1n) is 6.82. The van der Waals surface area contributed by atoms with Crippen LogP contribution in [0.2, 0.25) is 0 Å². The zero-order chi connectivity index (χ0) is 12.2. The van der Waals surface area contributed by atoms with E-state index in [2.05, 4.69) is 29.2 Å². The lowest BCUT2D eigenvalue weighted by molar-refractivity contribution is 0.429. The van der Waals surface area contributed by atoms with Gasteiger partial charge in [-0.15, -0.1) is 0 Å². The molecule has 18 heavy (non-hydrogen) atoms. The first kappa shape index (κ1) is 11.4.